The number of rotatable bonds is 7. The van der Waals surface area contributed by atoms with Crippen LogP contribution in [0.2, 0.25) is 0 Å². The van der Waals surface area contributed by atoms with E-state index in [-0.39, 0.29) is 18.0 Å². The molecule has 1 saturated carbocycles. The largest absolute Gasteiger partial charge is 0.235 e. The minimum atomic E-state index is -0.699. The van der Waals surface area contributed by atoms with Gasteiger partial charge in [0, 0.05) is 5.41 Å². The van der Waals surface area contributed by atoms with E-state index in [0.29, 0.717) is 19.3 Å². The van der Waals surface area contributed by atoms with Crippen molar-refractivity contribution in [3.8, 4) is 0 Å². The summed E-state index contributed by atoms with van der Waals surface area (Å²) in [6, 6.07) is -1.71. The Morgan fingerprint density at radius 3 is 1.83 bits per heavy atom. The first kappa shape index (κ1) is 19.6. The fourth-order valence-electron chi connectivity index (χ4n) is 3.70. The maximum atomic E-state index is 10.8. The zero-order valence-electron chi connectivity index (χ0n) is 13.9. The van der Waals surface area contributed by atoms with Gasteiger partial charge < -0.3 is 0 Å². The maximum absolute atomic E-state index is 10.8. The average Bonchev–Trinajstić information content (AvgIpc) is 2.55. The van der Waals surface area contributed by atoms with E-state index in [9.17, 15) is 19.2 Å². The zero-order chi connectivity index (χ0) is 18.2. The molecule has 8 heteroatoms. The van der Waals surface area contributed by atoms with Gasteiger partial charge in [-0.3, -0.25) is 0 Å². The molecule has 1 rings (SSSR count). The Kier molecular flexibility index (Phi) is 7.31. The second-order valence-electron chi connectivity index (χ2n) is 6.27. The molecular weight excluding hydrogens is 312 g/mol. The number of isocyanates is 4. The van der Waals surface area contributed by atoms with E-state index >= 15 is 0 Å². The summed E-state index contributed by atoms with van der Waals surface area (Å²) in [4.78, 5) is 58.0. The lowest BCUT2D eigenvalue weighted by molar-refractivity contribution is 0.0667. The minimum absolute atomic E-state index is 0.101. The SMILES string of the molecule is CC(N=C=O)C1CC(N=C=O)CC(C(C)N=C=O)(C(C)N=C=O)C1. The smallest absolute Gasteiger partial charge is 0.211 e. The van der Waals surface area contributed by atoms with Crippen LogP contribution >= 0.6 is 0 Å². The Morgan fingerprint density at radius 2 is 1.38 bits per heavy atom. The molecule has 0 heterocycles. The predicted octanol–water partition coefficient (Wildman–Crippen LogP) is 1.65. The highest BCUT2D eigenvalue weighted by atomic mass is 16.1. The molecule has 128 valence electrons. The minimum Gasteiger partial charge on any atom is -0.211 e. The van der Waals surface area contributed by atoms with Gasteiger partial charge in [0.05, 0.1) is 24.2 Å². The monoisotopic (exact) mass is 332 g/mol. The van der Waals surface area contributed by atoms with E-state index in [2.05, 4.69) is 20.0 Å². The Bertz CT molecular complexity index is 614. The lowest BCUT2D eigenvalue weighted by Gasteiger charge is -2.47. The molecule has 1 aliphatic carbocycles. The van der Waals surface area contributed by atoms with Gasteiger partial charge in [-0.05, 0) is 46.0 Å². The Balaban J connectivity index is 3.40. The van der Waals surface area contributed by atoms with Crippen LogP contribution in [0.3, 0.4) is 0 Å². The first-order valence-electron chi connectivity index (χ1n) is 7.73. The molecule has 0 aromatic heterocycles. The second kappa shape index (κ2) is 8.97. The molecule has 0 N–H and O–H groups in total. The third-order valence-corrected chi connectivity index (χ3v) is 5.16. The van der Waals surface area contributed by atoms with Crippen molar-refractivity contribution in [2.24, 2.45) is 31.3 Å². The number of carbonyl (C=O) groups excluding carboxylic acids is 4. The summed E-state index contributed by atoms with van der Waals surface area (Å²) in [6.45, 7) is 5.24. The van der Waals surface area contributed by atoms with Gasteiger partial charge in [0.2, 0.25) is 24.3 Å². The van der Waals surface area contributed by atoms with Gasteiger partial charge in [0.25, 0.3) is 0 Å². The fraction of sp³-hybridized carbons (Fsp3) is 0.750. The van der Waals surface area contributed by atoms with Gasteiger partial charge >= 0.3 is 0 Å². The molecule has 24 heavy (non-hydrogen) atoms. The summed E-state index contributed by atoms with van der Waals surface area (Å²) in [7, 11) is 0. The topological polar surface area (TPSA) is 118 Å². The van der Waals surface area contributed by atoms with Crippen molar-refractivity contribution >= 4 is 24.3 Å². The standard InChI is InChI=1S/C16H20N4O4/c1-11(17-7-21)14-4-15(20-10-24)6-16(5-14,12(2)18-8-22)13(3)19-9-23/h11-15H,4-6H2,1-3H3. The van der Waals surface area contributed by atoms with Crippen molar-refractivity contribution in [1.82, 2.24) is 0 Å². The molecule has 0 saturated heterocycles. The molecular formula is C16H20N4O4. The van der Waals surface area contributed by atoms with Gasteiger partial charge in [-0.15, -0.1) is 0 Å². The first-order chi connectivity index (χ1) is 11.4. The quantitative estimate of drug-likeness (QED) is 0.520. The lowest BCUT2D eigenvalue weighted by atomic mass is 9.60. The average molecular weight is 332 g/mol. The van der Waals surface area contributed by atoms with Crippen LogP contribution in [0.5, 0.6) is 0 Å². The van der Waals surface area contributed by atoms with Crippen LogP contribution in [-0.4, -0.2) is 48.5 Å². The highest BCUT2D eigenvalue weighted by Gasteiger charge is 2.49. The molecule has 5 unspecified atom stereocenters. The van der Waals surface area contributed by atoms with Gasteiger partial charge in [-0.25, -0.2) is 39.1 Å². The van der Waals surface area contributed by atoms with Crippen LogP contribution in [0.1, 0.15) is 40.0 Å². The van der Waals surface area contributed by atoms with E-state index in [1.54, 1.807) is 45.1 Å². The number of nitrogens with zero attached hydrogens (tertiary/aromatic N) is 4. The summed E-state index contributed by atoms with van der Waals surface area (Å²) in [5.74, 6) is -0.101. The first-order valence-corrected chi connectivity index (χ1v) is 7.73. The molecule has 0 aliphatic heterocycles. The van der Waals surface area contributed by atoms with Crippen LogP contribution in [0, 0.1) is 11.3 Å². The zero-order valence-corrected chi connectivity index (χ0v) is 13.9. The lowest BCUT2D eigenvalue weighted by Crippen LogP contribution is -2.49. The molecule has 0 aromatic carbocycles. The van der Waals surface area contributed by atoms with Crippen LogP contribution in [-0.2, 0) is 19.2 Å². The van der Waals surface area contributed by atoms with Crippen molar-refractivity contribution < 1.29 is 19.2 Å². The van der Waals surface area contributed by atoms with Crippen molar-refractivity contribution in [1.29, 1.82) is 0 Å². The summed E-state index contributed by atoms with van der Waals surface area (Å²) in [5.41, 5.74) is -0.699. The van der Waals surface area contributed by atoms with Gasteiger partial charge in [-0.1, -0.05) is 0 Å². The highest BCUT2D eigenvalue weighted by Crippen LogP contribution is 2.48. The van der Waals surface area contributed by atoms with Gasteiger partial charge in [0.1, 0.15) is 0 Å². The molecule has 1 aliphatic rings. The van der Waals surface area contributed by atoms with Gasteiger partial charge in [-0.2, -0.15) is 0 Å². The Morgan fingerprint density at radius 1 is 0.833 bits per heavy atom. The molecule has 8 nitrogen and oxygen atoms in total. The third kappa shape index (κ3) is 4.29. The van der Waals surface area contributed by atoms with Crippen LogP contribution in [0.15, 0.2) is 20.0 Å². The van der Waals surface area contributed by atoms with Crippen molar-refractivity contribution in [3.63, 3.8) is 0 Å². The molecule has 0 amide bonds. The molecule has 1 fully saturated rings. The maximum Gasteiger partial charge on any atom is 0.235 e. The normalized spacial score (nSPS) is 29.5. The molecule has 0 bridgehead atoms. The van der Waals surface area contributed by atoms with E-state index < -0.39 is 17.5 Å². The number of hydrogen-bond acceptors (Lipinski definition) is 8. The Labute approximate surface area is 139 Å². The van der Waals surface area contributed by atoms with Crippen molar-refractivity contribution in [3.05, 3.63) is 0 Å². The summed E-state index contributed by atoms with van der Waals surface area (Å²) < 4.78 is 0. The number of aliphatic imine (C=N–C) groups is 4. The molecule has 0 aromatic rings. The van der Waals surface area contributed by atoms with E-state index in [4.69, 9.17) is 0 Å². The third-order valence-electron chi connectivity index (χ3n) is 5.16. The van der Waals surface area contributed by atoms with Crippen LogP contribution < -0.4 is 0 Å². The summed E-state index contributed by atoms with van der Waals surface area (Å²) in [6.07, 6.45) is 7.66. The van der Waals surface area contributed by atoms with Crippen molar-refractivity contribution in [2.45, 2.75) is 64.2 Å². The van der Waals surface area contributed by atoms with E-state index in [1.165, 1.54) is 0 Å². The fourth-order valence-corrected chi connectivity index (χ4v) is 3.70. The summed E-state index contributed by atoms with van der Waals surface area (Å²) >= 11 is 0. The predicted molar refractivity (Wildman–Crippen MR) is 84.4 cm³/mol. The Hall–Kier alpha value is -2.48. The highest BCUT2D eigenvalue weighted by molar-refractivity contribution is 5.37. The van der Waals surface area contributed by atoms with E-state index in [0.717, 1.165) is 0 Å². The van der Waals surface area contributed by atoms with E-state index in [1.807, 2.05) is 0 Å². The van der Waals surface area contributed by atoms with Crippen LogP contribution in [0.4, 0.5) is 0 Å². The van der Waals surface area contributed by atoms with Crippen molar-refractivity contribution in [2.75, 3.05) is 0 Å². The molecule has 0 radical (unpaired) electrons. The number of hydrogen-bond donors (Lipinski definition) is 0. The second-order valence-corrected chi connectivity index (χ2v) is 6.27. The molecule has 0 spiro atoms. The van der Waals surface area contributed by atoms with Gasteiger partial charge in [0.15, 0.2) is 0 Å². The van der Waals surface area contributed by atoms with Crippen LogP contribution in [0.25, 0.3) is 0 Å². The summed E-state index contributed by atoms with van der Waals surface area (Å²) in [5, 5.41) is 0. The molecule has 5 atom stereocenters.